The third-order valence-corrected chi connectivity index (χ3v) is 6.16. The van der Waals surface area contributed by atoms with Crippen LogP contribution in [0, 0.1) is 13.8 Å². The Hall–Kier alpha value is -2.74. The minimum atomic E-state index is -0.201. The topological polar surface area (TPSA) is 73.0 Å². The Morgan fingerprint density at radius 3 is 2.55 bits per heavy atom. The fraction of sp³-hybridized carbons (Fsp3) is 0.136. The fourth-order valence-corrected chi connectivity index (χ4v) is 4.06. The van der Waals surface area contributed by atoms with Crippen molar-refractivity contribution < 1.29 is 9.32 Å². The maximum Gasteiger partial charge on any atom is 0.236 e. The number of aromatic nitrogens is 3. The van der Waals surface area contributed by atoms with Crippen molar-refractivity contribution in [3.05, 3.63) is 76.1 Å². The number of imidazole rings is 1. The van der Waals surface area contributed by atoms with Crippen molar-refractivity contribution in [2.24, 2.45) is 0 Å². The Bertz CT molecular complexity index is 1230. The molecule has 0 atom stereocenters. The van der Waals surface area contributed by atoms with Crippen LogP contribution < -0.4 is 5.32 Å². The first kappa shape index (κ1) is 21.5. The lowest BCUT2D eigenvalue weighted by Crippen LogP contribution is -2.14. The molecule has 2 aromatic carbocycles. The average Bonchev–Trinajstić information content (AvgIpc) is 3.35. The van der Waals surface area contributed by atoms with Crippen LogP contribution in [0.2, 0.25) is 10.0 Å². The summed E-state index contributed by atoms with van der Waals surface area (Å²) >= 11 is 13.6. The SMILES string of the molecule is Cc1ccc(-n2c(-c3ccc(Cl)c(Cl)c3)cnc2SCC(=O)Nc2cc(C)on2)cc1. The second-order valence-electron chi connectivity index (χ2n) is 6.89. The summed E-state index contributed by atoms with van der Waals surface area (Å²) in [6.45, 7) is 3.80. The van der Waals surface area contributed by atoms with E-state index in [-0.39, 0.29) is 11.7 Å². The molecule has 31 heavy (non-hydrogen) atoms. The molecule has 2 heterocycles. The second-order valence-corrected chi connectivity index (χ2v) is 8.64. The summed E-state index contributed by atoms with van der Waals surface area (Å²) in [7, 11) is 0. The predicted molar refractivity (Wildman–Crippen MR) is 124 cm³/mol. The summed E-state index contributed by atoms with van der Waals surface area (Å²) in [4.78, 5) is 16.9. The van der Waals surface area contributed by atoms with Gasteiger partial charge in [0.2, 0.25) is 5.91 Å². The highest BCUT2D eigenvalue weighted by atomic mass is 35.5. The minimum absolute atomic E-state index is 0.162. The van der Waals surface area contributed by atoms with Gasteiger partial charge in [-0.3, -0.25) is 9.36 Å². The molecule has 0 spiro atoms. The summed E-state index contributed by atoms with van der Waals surface area (Å²) in [5.41, 5.74) is 3.80. The van der Waals surface area contributed by atoms with Gasteiger partial charge in [-0.05, 0) is 38.1 Å². The Morgan fingerprint density at radius 1 is 1.10 bits per heavy atom. The number of carbonyl (C=O) groups is 1. The number of aryl methyl sites for hydroxylation is 2. The molecule has 9 heteroatoms. The van der Waals surface area contributed by atoms with Crippen LogP contribution >= 0.6 is 35.0 Å². The average molecular weight is 473 g/mol. The predicted octanol–water partition coefficient (Wildman–Crippen LogP) is 6.18. The number of carbonyl (C=O) groups excluding carboxylic acids is 1. The van der Waals surface area contributed by atoms with Crippen molar-refractivity contribution in [2.45, 2.75) is 19.0 Å². The Labute approximate surface area is 193 Å². The van der Waals surface area contributed by atoms with Gasteiger partial charge in [0.15, 0.2) is 11.0 Å². The van der Waals surface area contributed by atoms with E-state index in [1.54, 1.807) is 31.3 Å². The molecular formula is C22H18Cl2N4O2S. The van der Waals surface area contributed by atoms with Crippen LogP contribution in [0.25, 0.3) is 16.9 Å². The van der Waals surface area contributed by atoms with Gasteiger partial charge < -0.3 is 9.84 Å². The van der Waals surface area contributed by atoms with Crippen LogP contribution in [0.1, 0.15) is 11.3 Å². The van der Waals surface area contributed by atoms with Gasteiger partial charge in [-0.2, -0.15) is 0 Å². The number of halogens is 2. The Kier molecular flexibility index (Phi) is 6.36. The van der Waals surface area contributed by atoms with Crippen LogP contribution in [0.5, 0.6) is 0 Å². The molecule has 0 saturated heterocycles. The van der Waals surface area contributed by atoms with Gasteiger partial charge in [0, 0.05) is 17.3 Å². The first-order chi connectivity index (χ1) is 14.9. The molecular weight excluding hydrogens is 455 g/mol. The van der Waals surface area contributed by atoms with Crippen LogP contribution in [0.3, 0.4) is 0 Å². The zero-order valence-corrected chi connectivity index (χ0v) is 19.1. The van der Waals surface area contributed by atoms with E-state index in [4.69, 9.17) is 27.7 Å². The van der Waals surface area contributed by atoms with E-state index in [0.717, 1.165) is 22.5 Å². The lowest BCUT2D eigenvalue weighted by atomic mass is 10.1. The summed E-state index contributed by atoms with van der Waals surface area (Å²) in [5, 5.41) is 8.13. The van der Waals surface area contributed by atoms with Crippen LogP contribution in [0.4, 0.5) is 5.82 Å². The van der Waals surface area contributed by atoms with Crippen molar-refractivity contribution in [3.8, 4) is 16.9 Å². The molecule has 0 fully saturated rings. The molecule has 4 rings (SSSR count). The summed E-state index contributed by atoms with van der Waals surface area (Å²) in [5.74, 6) is 0.980. The number of anilines is 1. The smallest absolute Gasteiger partial charge is 0.236 e. The van der Waals surface area contributed by atoms with Gasteiger partial charge in [-0.25, -0.2) is 4.98 Å². The Morgan fingerprint density at radius 2 is 1.87 bits per heavy atom. The monoisotopic (exact) mass is 472 g/mol. The van der Waals surface area contributed by atoms with Crippen LogP contribution in [-0.4, -0.2) is 26.4 Å². The summed E-state index contributed by atoms with van der Waals surface area (Å²) in [6, 6.07) is 15.2. The first-order valence-corrected chi connectivity index (χ1v) is 11.1. The van der Waals surface area contributed by atoms with Crippen molar-refractivity contribution in [1.29, 1.82) is 0 Å². The standard InChI is InChI=1S/C22H18Cl2N4O2S/c1-13-3-6-16(7-4-13)28-19(15-5-8-17(23)18(24)10-15)11-25-22(28)31-12-21(29)26-20-9-14(2)30-27-20/h3-11H,12H2,1-2H3,(H,26,27,29). The number of hydrogen-bond donors (Lipinski definition) is 1. The second kappa shape index (κ2) is 9.18. The maximum absolute atomic E-state index is 12.4. The molecule has 158 valence electrons. The number of amides is 1. The molecule has 0 saturated carbocycles. The fourth-order valence-electron chi connectivity index (χ4n) is 2.97. The molecule has 1 N–H and O–H groups in total. The minimum Gasteiger partial charge on any atom is -0.360 e. The number of thioether (sulfide) groups is 1. The van der Waals surface area contributed by atoms with E-state index in [2.05, 4.69) is 15.5 Å². The molecule has 4 aromatic rings. The van der Waals surface area contributed by atoms with E-state index in [0.29, 0.717) is 26.8 Å². The van der Waals surface area contributed by atoms with Crippen molar-refractivity contribution >= 4 is 46.7 Å². The molecule has 0 unspecified atom stereocenters. The highest BCUT2D eigenvalue weighted by molar-refractivity contribution is 7.99. The largest absolute Gasteiger partial charge is 0.360 e. The van der Waals surface area contributed by atoms with Gasteiger partial charge in [-0.1, -0.05) is 63.9 Å². The number of benzene rings is 2. The number of nitrogens with one attached hydrogen (secondary N) is 1. The van der Waals surface area contributed by atoms with Crippen LogP contribution in [-0.2, 0) is 4.79 Å². The molecule has 2 aromatic heterocycles. The van der Waals surface area contributed by atoms with Crippen LogP contribution in [0.15, 0.2) is 64.4 Å². The Balaban J connectivity index is 1.64. The van der Waals surface area contributed by atoms with Gasteiger partial charge in [-0.15, -0.1) is 0 Å². The summed E-state index contributed by atoms with van der Waals surface area (Å²) in [6.07, 6.45) is 1.76. The number of hydrogen-bond acceptors (Lipinski definition) is 5. The number of rotatable bonds is 6. The molecule has 0 radical (unpaired) electrons. The van der Waals surface area contributed by atoms with E-state index in [1.165, 1.54) is 11.8 Å². The normalized spacial score (nSPS) is 11.0. The third kappa shape index (κ3) is 4.95. The molecule has 1 amide bonds. The van der Waals surface area contributed by atoms with Crippen molar-refractivity contribution in [3.63, 3.8) is 0 Å². The van der Waals surface area contributed by atoms with Gasteiger partial charge in [0.05, 0.1) is 27.7 Å². The third-order valence-electron chi connectivity index (χ3n) is 4.46. The molecule has 0 aliphatic carbocycles. The zero-order chi connectivity index (χ0) is 22.0. The zero-order valence-electron chi connectivity index (χ0n) is 16.7. The molecule has 6 nitrogen and oxygen atoms in total. The van der Waals surface area contributed by atoms with Gasteiger partial charge in [0.25, 0.3) is 0 Å². The van der Waals surface area contributed by atoms with E-state index in [1.807, 2.05) is 41.8 Å². The lowest BCUT2D eigenvalue weighted by molar-refractivity contribution is -0.113. The number of nitrogens with zero attached hydrogens (tertiary/aromatic N) is 3. The first-order valence-electron chi connectivity index (χ1n) is 9.37. The van der Waals surface area contributed by atoms with Gasteiger partial charge >= 0.3 is 0 Å². The highest BCUT2D eigenvalue weighted by Crippen LogP contribution is 2.33. The van der Waals surface area contributed by atoms with E-state index in [9.17, 15) is 4.79 Å². The van der Waals surface area contributed by atoms with Crippen molar-refractivity contribution in [1.82, 2.24) is 14.7 Å². The van der Waals surface area contributed by atoms with Crippen molar-refractivity contribution in [2.75, 3.05) is 11.1 Å². The molecule has 0 bridgehead atoms. The summed E-state index contributed by atoms with van der Waals surface area (Å²) < 4.78 is 6.97. The molecule has 0 aliphatic rings. The molecule has 0 aliphatic heterocycles. The van der Waals surface area contributed by atoms with E-state index < -0.39 is 0 Å². The highest BCUT2D eigenvalue weighted by Gasteiger charge is 2.17. The van der Waals surface area contributed by atoms with Gasteiger partial charge in [0.1, 0.15) is 5.76 Å². The maximum atomic E-state index is 12.4. The van der Waals surface area contributed by atoms with E-state index >= 15 is 0 Å². The lowest BCUT2D eigenvalue weighted by Gasteiger charge is -2.13. The quantitative estimate of drug-likeness (QED) is 0.339.